The molecule has 0 aliphatic heterocycles. The predicted octanol–water partition coefficient (Wildman–Crippen LogP) is 3.17. The second kappa shape index (κ2) is 6.83. The van der Waals surface area contributed by atoms with Crippen LogP contribution >= 0.6 is 0 Å². The maximum atomic E-state index is 12.3. The number of carbonyl (C=O) groups excluding carboxylic acids is 1. The van der Waals surface area contributed by atoms with Gasteiger partial charge in [0, 0.05) is 18.3 Å². The summed E-state index contributed by atoms with van der Waals surface area (Å²) in [6, 6.07) is 7.49. The van der Waals surface area contributed by atoms with Gasteiger partial charge in [0.2, 0.25) is 0 Å². The highest BCUT2D eigenvalue weighted by atomic mass is 16.1. The van der Waals surface area contributed by atoms with Gasteiger partial charge in [-0.1, -0.05) is 19.1 Å². The summed E-state index contributed by atoms with van der Waals surface area (Å²) in [6.45, 7) is 6.89. The molecular formula is C16H20N4O. The third-order valence-corrected chi connectivity index (χ3v) is 3.31. The van der Waals surface area contributed by atoms with Gasteiger partial charge in [0.15, 0.2) is 0 Å². The van der Waals surface area contributed by atoms with Gasteiger partial charge in [-0.25, -0.2) is 9.97 Å². The first-order chi connectivity index (χ1) is 10.1. The van der Waals surface area contributed by atoms with Crippen LogP contribution < -0.4 is 10.6 Å². The summed E-state index contributed by atoms with van der Waals surface area (Å²) in [5.74, 6) is 0.434. The number of hydrogen-bond donors (Lipinski definition) is 2. The fourth-order valence-electron chi connectivity index (χ4n) is 1.90. The summed E-state index contributed by atoms with van der Waals surface area (Å²) in [4.78, 5) is 20.4. The summed E-state index contributed by atoms with van der Waals surface area (Å²) < 4.78 is 0. The minimum absolute atomic E-state index is 0.231. The van der Waals surface area contributed by atoms with Crippen molar-refractivity contribution in [2.75, 3.05) is 17.2 Å². The molecule has 0 bridgehead atoms. The second-order valence-corrected chi connectivity index (χ2v) is 4.92. The molecule has 1 aromatic carbocycles. The lowest BCUT2D eigenvalue weighted by Crippen LogP contribution is -2.15. The lowest BCUT2D eigenvalue weighted by molar-refractivity contribution is 0.102. The Hall–Kier alpha value is -2.43. The van der Waals surface area contributed by atoms with Crippen LogP contribution in [0.4, 0.5) is 11.5 Å². The average Bonchev–Trinajstić information content (AvgIpc) is 2.50. The van der Waals surface area contributed by atoms with Gasteiger partial charge in [0.25, 0.3) is 5.91 Å². The summed E-state index contributed by atoms with van der Waals surface area (Å²) in [5, 5.41) is 6.04. The van der Waals surface area contributed by atoms with Gasteiger partial charge in [0.05, 0.1) is 0 Å². The molecular weight excluding hydrogens is 264 g/mol. The Kier molecular flexibility index (Phi) is 4.87. The van der Waals surface area contributed by atoms with E-state index in [-0.39, 0.29) is 5.91 Å². The zero-order valence-electron chi connectivity index (χ0n) is 12.6. The highest BCUT2D eigenvalue weighted by Crippen LogP contribution is 2.18. The van der Waals surface area contributed by atoms with Crippen molar-refractivity contribution < 1.29 is 4.79 Å². The lowest BCUT2D eigenvalue weighted by Gasteiger charge is -2.10. The van der Waals surface area contributed by atoms with E-state index in [1.165, 1.54) is 6.33 Å². The molecule has 0 aliphatic carbocycles. The zero-order valence-corrected chi connectivity index (χ0v) is 12.6. The van der Waals surface area contributed by atoms with E-state index in [2.05, 4.69) is 27.5 Å². The molecule has 1 aromatic heterocycles. The number of nitrogens with zero attached hydrogens (tertiary/aromatic N) is 2. The Morgan fingerprint density at radius 1 is 1.24 bits per heavy atom. The number of hydrogen-bond acceptors (Lipinski definition) is 4. The molecule has 0 spiro atoms. The van der Waals surface area contributed by atoms with E-state index >= 15 is 0 Å². The number of benzene rings is 1. The van der Waals surface area contributed by atoms with Gasteiger partial charge in [-0.05, 0) is 37.5 Å². The SMILES string of the molecule is CCCNc1cc(C(=O)Nc2cccc(C)c2C)ncn1. The first-order valence-corrected chi connectivity index (χ1v) is 7.05. The van der Waals surface area contributed by atoms with Crippen LogP contribution in [-0.2, 0) is 0 Å². The molecule has 21 heavy (non-hydrogen) atoms. The van der Waals surface area contributed by atoms with Gasteiger partial charge in [-0.15, -0.1) is 0 Å². The first-order valence-electron chi connectivity index (χ1n) is 7.05. The van der Waals surface area contributed by atoms with Gasteiger partial charge in [-0.3, -0.25) is 4.79 Å². The summed E-state index contributed by atoms with van der Waals surface area (Å²) in [6.07, 6.45) is 2.39. The van der Waals surface area contributed by atoms with E-state index in [4.69, 9.17) is 0 Å². The zero-order chi connectivity index (χ0) is 15.2. The van der Waals surface area contributed by atoms with Crippen LogP contribution in [0.2, 0.25) is 0 Å². The number of aromatic nitrogens is 2. The molecule has 0 radical (unpaired) electrons. The van der Waals surface area contributed by atoms with Crippen LogP contribution in [0.25, 0.3) is 0 Å². The molecule has 5 nitrogen and oxygen atoms in total. The molecule has 0 saturated heterocycles. The molecule has 5 heteroatoms. The van der Waals surface area contributed by atoms with E-state index < -0.39 is 0 Å². The van der Waals surface area contributed by atoms with Crippen LogP contribution in [0, 0.1) is 13.8 Å². The molecule has 0 atom stereocenters. The van der Waals surface area contributed by atoms with Crippen LogP contribution in [0.3, 0.4) is 0 Å². The lowest BCUT2D eigenvalue weighted by atomic mass is 10.1. The summed E-state index contributed by atoms with van der Waals surface area (Å²) in [7, 11) is 0. The highest BCUT2D eigenvalue weighted by molar-refractivity contribution is 6.03. The standard InChI is InChI=1S/C16H20N4O/c1-4-8-17-15-9-14(18-10-19-15)16(21)20-13-7-5-6-11(2)12(13)3/h5-7,9-10H,4,8H2,1-3H3,(H,20,21)(H,17,18,19). The van der Waals surface area contributed by atoms with Crippen LogP contribution in [0.5, 0.6) is 0 Å². The Morgan fingerprint density at radius 2 is 2.05 bits per heavy atom. The normalized spacial score (nSPS) is 10.2. The number of amides is 1. The van der Waals surface area contributed by atoms with Crippen molar-refractivity contribution in [2.24, 2.45) is 0 Å². The van der Waals surface area contributed by atoms with Crippen LogP contribution in [0.1, 0.15) is 35.0 Å². The Balaban J connectivity index is 2.15. The highest BCUT2D eigenvalue weighted by Gasteiger charge is 2.10. The van der Waals surface area contributed by atoms with Crippen LogP contribution in [-0.4, -0.2) is 22.4 Å². The largest absolute Gasteiger partial charge is 0.370 e. The van der Waals surface area contributed by atoms with Crippen molar-refractivity contribution in [1.29, 1.82) is 0 Å². The molecule has 1 heterocycles. The van der Waals surface area contributed by atoms with Crippen molar-refractivity contribution in [1.82, 2.24) is 9.97 Å². The average molecular weight is 284 g/mol. The molecule has 110 valence electrons. The summed E-state index contributed by atoms with van der Waals surface area (Å²) >= 11 is 0. The Bertz CT molecular complexity index is 640. The number of aryl methyl sites for hydroxylation is 1. The topological polar surface area (TPSA) is 66.9 Å². The molecule has 2 rings (SSSR count). The Labute approximate surface area is 124 Å². The van der Waals surface area contributed by atoms with Crippen molar-refractivity contribution in [3.05, 3.63) is 47.4 Å². The fraction of sp³-hybridized carbons (Fsp3) is 0.312. The van der Waals surface area contributed by atoms with Crippen molar-refractivity contribution in [3.8, 4) is 0 Å². The van der Waals surface area contributed by atoms with E-state index in [9.17, 15) is 4.79 Å². The molecule has 2 N–H and O–H groups in total. The fourth-order valence-corrected chi connectivity index (χ4v) is 1.90. The van der Waals surface area contributed by atoms with E-state index in [0.717, 1.165) is 29.8 Å². The number of nitrogens with one attached hydrogen (secondary N) is 2. The molecule has 1 amide bonds. The monoisotopic (exact) mass is 284 g/mol. The van der Waals surface area contributed by atoms with Crippen LogP contribution in [0.15, 0.2) is 30.6 Å². The molecule has 0 unspecified atom stereocenters. The van der Waals surface area contributed by atoms with E-state index in [1.807, 2.05) is 32.0 Å². The minimum Gasteiger partial charge on any atom is -0.370 e. The maximum absolute atomic E-state index is 12.3. The summed E-state index contributed by atoms with van der Waals surface area (Å²) in [5.41, 5.74) is 3.36. The molecule has 0 saturated carbocycles. The Morgan fingerprint density at radius 3 is 2.81 bits per heavy atom. The van der Waals surface area contributed by atoms with E-state index in [0.29, 0.717) is 11.5 Å². The number of rotatable bonds is 5. The van der Waals surface area contributed by atoms with Gasteiger partial charge >= 0.3 is 0 Å². The number of carbonyl (C=O) groups is 1. The van der Waals surface area contributed by atoms with Gasteiger partial charge < -0.3 is 10.6 Å². The predicted molar refractivity (Wildman–Crippen MR) is 84.7 cm³/mol. The van der Waals surface area contributed by atoms with Crippen molar-refractivity contribution >= 4 is 17.4 Å². The van der Waals surface area contributed by atoms with E-state index in [1.54, 1.807) is 6.07 Å². The minimum atomic E-state index is -0.231. The maximum Gasteiger partial charge on any atom is 0.274 e. The smallest absolute Gasteiger partial charge is 0.274 e. The third kappa shape index (κ3) is 3.78. The quantitative estimate of drug-likeness (QED) is 0.885. The third-order valence-electron chi connectivity index (χ3n) is 3.31. The molecule has 0 fully saturated rings. The second-order valence-electron chi connectivity index (χ2n) is 4.92. The van der Waals surface area contributed by atoms with Gasteiger partial charge in [0.1, 0.15) is 17.8 Å². The molecule has 2 aromatic rings. The van der Waals surface area contributed by atoms with Crippen molar-refractivity contribution in [3.63, 3.8) is 0 Å². The first kappa shape index (κ1) is 15.0. The van der Waals surface area contributed by atoms with Crippen molar-refractivity contribution in [2.45, 2.75) is 27.2 Å². The molecule has 0 aliphatic rings. The number of anilines is 2. The van der Waals surface area contributed by atoms with Gasteiger partial charge in [-0.2, -0.15) is 0 Å².